The number of benzene rings is 2. The van der Waals surface area contributed by atoms with Gasteiger partial charge in [-0.25, -0.2) is 0 Å². The number of fused-ring (bicyclic) bond motifs is 3. The molecule has 1 saturated carbocycles. The third-order valence-electron chi connectivity index (χ3n) is 7.58. The normalized spacial score (nSPS) is 26.0. The van der Waals surface area contributed by atoms with E-state index in [9.17, 15) is 4.79 Å². The molecule has 4 rings (SSSR count). The molecule has 0 saturated heterocycles. The Kier molecular flexibility index (Phi) is 5.55. The van der Waals surface area contributed by atoms with Crippen molar-refractivity contribution in [2.45, 2.75) is 77.6 Å². The summed E-state index contributed by atoms with van der Waals surface area (Å²) in [5.74, 6) is 2.03. The molecule has 1 fully saturated rings. The third kappa shape index (κ3) is 3.86. The van der Waals surface area contributed by atoms with Crippen LogP contribution in [0, 0.1) is 11.8 Å². The number of hydrogen-bond acceptors (Lipinski definition) is 1. The molecular formula is C27H35NO. The van der Waals surface area contributed by atoms with Crippen LogP contribution in [0.3, 0.4) is 0 Å². The van der Waals surface area contributed by atoms with Crippen molar-refractivity contribution in [3.63, 3.8) is 0 Å². The Labute approximate surface area is 176 Å². The number of aryl methyl sites for hydroxylation is 1. The van der Waals surface area contributed by atoms with E-state index < -0.39 is 0 Å². The van der Waals surface area contributed by atoms with Crippen molar-refractivity contribution < 1.29 is 4.79 Å². The summed E-state index contributed by atoms with van der Waals surface area (Å²) in [6.45, 7) is 9.38. The molecule has 2 aliphatic rings. The van der Waals surface area contributed by atoms with E-state index in [2.05, 4.69) is 45.1 Å². The fourth-order valence-electron chi connectivity index (χ4n) is 6.02. The van der Waals surface area contributed by atoms with Crippen LogP contribution >= 0.6 is 0 Å². The molecular weight excluding hydrogens is 354 g/mol. The Hall–Kier alpha value is -2.09. The quantitative estimate of drug-likeness (QED) is 0.624. The van der Waals surface area contributed by atoms with E-state index in [1.165, 1.54) is 48.8 Å². The number of rotatable bonds is 4. The summed E-state index contributed by atoms with van der Waals surface area (Å²) in [6, 6.07) is 14.8. The lowest BCUT2D eigenvalue weighted by Crippen LogP contribution is -2.43. The zero-order chi connectivity index (χ0) is 20.6. The molecule has 3 atom stereocenters. The van der Waals surface area contributed by atoms with E-state index in [1.54, 1.807) is 0 Å². The molecule has 0 spiro atoms. The monoisotopic (exact) mass is 389 g/mol. The first-order valence-electron chi connectivity index (χ1n) is 11.4. The molecule has 154 valence electrons. The zero-order valence-electron chi connectivity index (χ0n) is 18.4. The summed E-state index contributed by atoms with van der Waals surface area (Å²) in [7, 11) is 0. The van der Waals surface area contributed by atoms with Gasteiger partial charge in [-0.1, -0.05) is 76.9 Å². The fraction of sp³-hybridized carbons (Fsp3) is 0.519. The summed E-state index contributed by atoms with van der Waals surface area (Å²) in [6.07, 6.45) is 6.86. The topological polar surface area (TPSA) is 29.1 Å². The Morgan fingerprint density at radius 1 is 1.17 bits per heavy atom. The number of amides is 1. The van der Waals surface area contributed by atoms with Crippen molar-refractivity contribution in [2.24, 2.45) is 11.8 Å². The summed E-state index contributed by atoms with van der Waals surface area (Å²) < 4.78 is 0. The van der Waals surface area contributed by atoms with Gasteiger partial charge in [0, 0.05) is 5.69 Å². The van der Waals surface area contributed by atoms with E-state index in [4.69, 9.17) is 0 Å². The molecule has 3 unspecified atom stereocenters. The maximum Gasteiger partial charge on any atom is 0.228 e. The molecule has 0 radical (unpaired) electrons. The molecule has 1 amide bonds. The van der Waals surface area contributed by atoms with Crippen LogP contribution in [-0.2, 0) is 23.1 Å². The van der Waals surface area contributed by atoms with Gasteiger partial charge in [0.05, 0.1) is 6.42 Å². The minimum atomic E-state index is 0.0765. The van der Waals surface area contributed by atoms with Gasteiger partial charge in [0.25, 0.3) is 0 Å². The van der Waals surface area contributed by atoms with Crippen LogP contribution in [0.4, 0.5) is 5.69 Å². The van der Waals surface area contributed by atoms with Crippen LogP contribution in [0.5, 0.6) is 0 Å². The van der Waals surface area contributed by atoms with Gasteiger partial charge < -0.3 is 5.32 Å². The zero-order valence-corrected chi connectivity index (χ0v) is 18.4. The third-order valence-corrected chi connectivity index (χ3v) is 7.58. The van der Waals surface area contributed by atoms with Crippen molar-refractivity contribution in [2.75, 3.05) is 5.32 Å². The van der Waals surface area contributed by atoms with Crippen molar-refractivity contribution in [3.05, 3.63) is 64.7 Å². The average molecular weight is 390 g/mol. The number of nitrogens with one attached hydrogen (secondary N) is 1. The smallest absolute Gasteiger partial charge is 0.228 e. The number of anilines is 1. The summed E-state index contributed by atoms with van der Waals surface area (Å²) in [5.41, 5.74) is 6.63. The predicted molar refractivity (Wildman–Crippen MR) is 121 cm³/mol. The van der Waals surface area contributed by atoms with Crippen LogP contribution in [0.15, 0.2) is 42.5 Å². The molecule has 0 heterocycles. The highest BCUT2D eigenvalue weighted by molar-refractivity contribution is 5.93. The summed E-state index contributed by atoms with van der Waals surface area (Å²) in [4.78, 5) is 12.8. The van der Waals surface area contributed by atoms with Gasteiger partial charge in [-0.3, -0.25) is 4.79 Å². The first kappa shape index (κ1) is 20.2. The molecule has 2 heteroatoms. The second-order valence-corrected chi connectivity index (χ2v) is 9.89. The Morgan fingerprint density at radius 3 is 2.66 bits per heavy atom. The molecule has 1 N–H and O–H groups in total. The van der Waals surface area contributed by atoms with Gasteiger partial charge in [0.2, 0.25) is 5.91 Å². The number of carbonyl (C=O) groups is 1. The molecule has 29 heavy (non-hydrogen) atoms. The van der Waals surface area contributed by atoms with Gasteiger partial charge in [0.15, 0.2) is 0 Å². The van der Waals surface area contributed by atoms with Crippen LogP contribution < -0.4 is 5.32 Å². The van der Waals surface area contributed by atoms with Crippen molar-refractivity contribution in [1.82, 2.24) is 0 Å². The minimum absolute atomic E-state index is 0.0765. The second-order valence-electron chi connectivity index (χ2n) is 9.89. The number of hydrogen-bond donors (Lipinski definition) is 1. The van der Waals surface area contributed by atoms with E-state index in [1.807, 2.05) is 30.3 Å². The van der Waals surface area contributed by atoms with Gasteiger partial charge in [-0.2, -0.15) is 0 Å². The van der Waals surface area contributed by atoms with E-state index in [0.717, 1.165) is 23.1 Å². The Bertz CT molecular complexity index is 885. The maximum absolute atomic E-state index is 12.8. The molecule has 0 aromatic heterocycles. The van der Waals surface area contributed by atoms with Gasteiger partial charge in [-0.05, 0) is 70.8 Å². The second kappa shape index (κ2) is 7.97. The lowest BCUT2D eigenvalue weighted by molar-refractivity contribution is -0.115. The fourth-order valence-corrected chi connectivity index (χ4v) is 6.02. The Morgan fingerprint density at radius 2 is 1.93 bits per heavy atom. The van der Waals surface area contributed by atoms with Crippen LogP contribution in [0.25, 0.3) is 0 Å². The van der Waals surface area contributed by atoms with Crippen LogP contribution in [0.1, 0.15) is 81.5 Å². The van der Waals surface area contributed by atoms with E-state index in [-0.39, 0.29) is 11.3 Å². The SMILES string of the molecule is CC(C)c1cc2c(cc1NC(=O)Cc1ccccc1)C1(C)CCCC(C)C1CC2. The summed E-state index contributed by atoms with van der Waals surface area (Å²) >= 11 is 0. The first-order chi connectivity index (χ1) is 13.9. The van der Waals surface area contributed by atoms with Gasteiger partial charge in [-0.15, -0.1) is 0 Å². The van der Waals surface area contributed by atoms with Crippen molar-refractivity contribution >= 4 is 11.6 Å². The lowest BCUT2D eigenvalue weighted by Gasteiger charge is -2.50. The van der Waals surface area contributed by atoms with Crippen molar-refractivity contribution in [1.29, 1.82) is 0 Å². The molecule has 0 aliphatic heterocycles. The standard InChI is InChI=1S/C27H35NO/c1-18(2)22-16-21-12-13-23-19(3)9-8-14-27(23,4)24(21)17-25(22)28-26(29)15-20-10-6-5-7-11-20/h5-7,10-11,16-19,23H,8-9,12-15H2,1-4H3,(H,28,29). The highest BCUT2D eigenvalue weighted by atomic mass is 16.1. The Balaban J connectivity index is 1.68. The van der Waals surface area contributed by atoms with Crippen molar-refractivity contribution in [3.8, 4) is 0 Å². The summed E-state index contributed by atoms with van der Waals surface area (Å²) in [5, 5.41) is 3.28. The van der Waals surface area contributed by atoms with E-state index in [0.29, 0.717) is 12.3 Å². The first-order valence-corrected chi connectivity index (χ1v) is 11.4. The molecule has 2 aliphatic carbocycles. The van der Waals surface area contributed by atoms with Gasteiger partial charge in [0.1, 0.15) is 0 Å². The number of carbonyl (C=O) groups excluding carboxylic acids is 1. The molecule has 0 bridgehead atoms. The van der Waals surface area contributed by atoms with Crippen LogP contribution in [-0.4, -0.2) is 5.91 Å². The van der Waals surface area contributed by atoms with Gasteiger partial charge >= 0.3 is 0 Å². The molecule has 2 aromatic rings. The highest BCUT2D eigenvalue weighted by Crippen LogP contribution is 2.53. The minimum Gasteiger partial charge on any atom is -0.326 e. The molecule has 2 aromatic carbocycles. The lowest BCUT2D eigenvalue weighted by atomic mass is 9.55. The molecule has 2 nitrogen and oxygen atoms in total. The predicted octanol–water partition coefficient (Wildman–Crippen LogP) is 6.63. The van der Waals surface area contributed by atoms with E-state index >= 15 is 0 Å². The van der Waals surface area contributed by atoms with Crippen LogP contribution in [0.2, 0.25) is 0 Å². The maximum atomic E-state index is 12.8. The average Bonchev–Trinajstić information content (AvgIpc) is 2.68. The largest absolute Gasteiger partial charge is 0.326 e. The highest BCUT2D eigenvalue weighted by Gasteiger charge is 2.45.